The van der Waals surface area contributed by atoms with Crippen LogP contribution in [0, 0.1) is 11.8 Å². The summed E-state index contributed by atoms with van der Waals surface area (Å²) in [6.45, 7) is 13.5. The van der Waals surface area contributed by atoms with Crippen LogP contribution < -0.4 is 0 Å². The molecule has 1 atom stereocenters. The van der Waals surface area contributed by atoms with E-state index in [4.69, 9.17) is 4.74 Å². The van der Waals surface area contributed by atoms with Gasteiger partial charge in [0.2, 0.25) is 0 Å². The first-order chi connectivity index (χ1) is 5.59. The van der Waals surface area contributed by atoms with E-state index in [1.165, 1.54) is 6.42 Å². The van der Waals surface area contributed by atoms with E-state index in [-0.39, 0.29) is 0 Å². The summed E-state index contributed by atoms with van der Waals surface area (Å²) in [6.07, 6.45) is 2.31. The van der Waals surface area contributed by atoms with Crippen LogP contribution in [0.4, 0.5) is 0 Å². The summed E-state index contributed by atoms with van der Waals surface area (Å²) >= 11 is 0. The lowest BCUT2D eigenvalue weighted by atomic mass is 9.97. The highest BCUT2D eigenvalue weighted by molar-refractivity contribution is 4.90. The molecular formula is C11H22O. The average molecular weight is 170 g/mol. The van der Waals surface area contributed by atoms with Crippen LogP contribution in [-0.2, 0) is 4.74 Å². The molecule has 72 valence electrons. The van der Waals surface area contributed by atoms with Crippen molar-refractivity contribution in [2.45, 2.75) is 40.5 Å². The third-order valence-corrected chi connectivity index (χ3v) is 2.29. The lowest BCUT2D eigenvalue weighted by molar-refractivity contribution is 0.164. The average Bonchev–Trinajstić information content (AvgIpc) is 2.03. The quantitative estimate of drug-likeness (QED) is 0.437. The maximum absolute atomic E-state index is 5.51. The Balaban J connectivity index is 3.57. The van der Waals surface area contributed by atoms with E-state index in [0.29, 0.717) is 11.8 Å². The predicted octanol–water partition coefficient (Wildman–Crippen LogP) is 3.61. The highest BCUT2D eigenvalue weighted by Gasteiger charge is 2.11. The molecular weight excluding hydrogens is 148 g/mol. The van der Waals surface area contributed by atoms with Crippen molar-refractivity contribution in [3.05, 3.63) is 12.3 Å². The first kappa shape index (κ1) is 11.5. The molecule has 0 aromatic heterocycles. The molecule has 0 fully saturated rings. The molecule has 0 rings (SSSR count). The maximum Gasteiger partial charge on any atom is 0.0918 e. The van der Waals surface area contributed by atoms with Gasteiger partial charge in [0.05, 0.1) is 12.4 Å². The summed E-state index contributed by atoms with van der Waals surface area (Å²) in [7, 11) is 0. The molecule has 1 nitrogen and oxygen atoms in total. The maximum atomic E-state index is 5.51. The largest absolute Gasteiger partial charge is 0.498 e. The van der Waals surface area contributed by atoms with Crippen molar-refractivity contribution in [2.24, 2.45) is 11.8 Å². The summed E-state index contributed by atoms with van der Waals surface area (Å²) in [6, 6.07) is 0. The van der Waals surface area contributed by atoms with Gasteiger partial charge in [-0.1, -0.05) is 40.7 Å². The fourth-order valence-electron chi connectivity index (χ4n) is 0.851. The number of hydrogen-bond donors (Lipinski definition) is 0. The summed E-state index contributed by atoms with van der Waals surface area (Å²) in [5.41, 5.74) is 0. The first-order valence-corrected chi connectivity index (χ1v) is 4.91. The molecule has 0 aliphatic heterocycles. The summed E-state index contributed by atoms with van der Waals surface area (Å²) in [5.74, 6) is 2.04. The highest BCUT2D eigenvalue weighted by atomic mass is 16.5. The van der Waals surface area contributed by atoms with Crippen molar-refractivity contribution in [3.8, 4) is 0 Å². The molecule has 0 aromatic carbocycles. The lowest BCUT2D eigenvalue weighted by Crippen LogP contribution is -2.09. The smallest absolute Gasteiger partial charge is 0.0918 e. The van der Waals surface area contributed by atoms with Gasteiger partial charge in [0.25, 0.3) is 0 Å². The van der Waals surface area contributed by atoms with E-state index in [9.17, 15) is 0 Å². The van der Waals surface area contributed by atoms with E-state index >= 15 is 0 Å². The van der Waals surface area contributed by atoms with E-state index in [1.54, 1.807) is 0 Å². The highest BCUT2D eigenvalue weighted by Crippen LogP contribution is 2.19. The Labute approximate surface area is 76.8 Å². The van der Waals surface area contributed by atoms with Crippen molar-refractivity contribution in [2.75, 3.05) is 6.61 Å². The van der Waals surface area contributed by atoms with Gasteiger partial charge in [0.1, 0.15) is 0 Å². The van der Waals surface area contributed by atoms with Crippen molar-refractivity contribution >= 4 is 0 Å². The van der Waals surface area contributed by atoms with Crippen LogP contribution in [0.2, 0.25) is 0 Å². The van der Waals surface area contributed by atoms with Crippen LogP contribution >= 0.6 is 0 Å². The molecule has 1 heteroatoms. The van der Waals surface area contributed by atoms with Crippen LogP contribution in [0.1, 0.15) is 40.5 Å². The van der Waals surface area contributed by atoms with Crippen LogP contribution in [0.15, 0.2) is 12.3 Å². The van der Waals surface area contributed by atoms with E-state index in [0.717, 1.165) is 18.8 Å². The van der Waals surface area contributed by atoms with Crippen LogP contribution in [-0.4, -0.2) is 6.61 Å². The Morgan fingerprint density at radius 3 is 2.33 bits per heavy atom. The van der Waals surface area contributed by atoms with Gasteiger partial charge in [0, 0.05) is 5.92 Å². The predicted molar refractivity (Wildman–Crippen MR) is 54.0 cm³/mol. The van der Waals surface area contributed by atoms with Gasteiger partial charge in [-0.2, -0.15) is 0 Å². The number of unbranched alkanes of at least 4 members (excludes halogenated alkanes) is 1. The molecule has 0 unspecified atom stereocenters. The SMILES string of the molecule is C=C(OCCCC)[C@@H](C)C(C)C. The molecule has 0 amide bonds. The molecule has 0 aliphatic carbocycles. The number of rotatable bonds is 6. The molecule has 0 spiro atoms. The zero-order valence-electron chi connectivity index (χ0n) is 8.89. The topological polar surface area (TPSA) is 9.23 Å². The minimum Gasteiger partial charge on any atom is -0.498 e. The van der Waals surface area contributed by atoms with E-state index < -0.39 is 0 Å². The fourth-order valence-corrected chi connectivity index (χ4v) is 0.851. The Morgan fingerprint density at radius 2 is 1.92 bits per heavy atom. The van der Waals surface area contributed by atoms with Gasteiger partial charge in [0.15, 0.2) is 0 Å². The first-order valence-electron chi connectivity index (χ1n) is 4.91. The second kappa shape index (κ2) is 6.10. The van der Waals surface area contributed by atoms with Crippen molar-refractivity contribution in [1.29, 1.82) is 0 Å². The second-order valence-electron chi connectivity index (χ2n) is 3.70. The standard InChI is InChI=1S/C11H22O/c1-6-7-8-12-11(5)10(4)9(2)3/h9-10H,5-8H2,1-4H3/t10-/m0/s1. The monoisotopic (exact) mass is 170 g/mol. The fraction of sp³-hybridized carbons (Fsp3) is 0.818. The van der Waals surface area contributed by atoms with Crippen molar-refractivity contribution in [1.82, 2.24) is 0 Å². The molecule has 0 heterocycles. The molecule has 12 heavy (non-hydrogen) atoms. The van der Waals surface area contributed by atoms with Crippen LogP contribution in [0.25, 0.3) is 0 Å². The van der Waals surface area contributed by atoms with Gasteiger partial charge in [-0.3, -0.25) is 0 Å². The summed E-state index contributed by atoms with van der Waals surface area (Å²) in [4.78, 5) is 0. The third-order valence-electron chi connectivity index (χ3n) is 2.29. The third kappa shape index (κ3) is 4.42. The van der Waals surface area contributed by atoms with Crippen molar-refractivity contribution < 1.29 is 4.74 Å². The van der Waals surface area contributed by atoms with Gasteiger partial charge >= 0.3 is 0 Å². The van der Waals surface area contributed by atoms with Gasteiger partial charge in [-0.25, -0.2) is 0 Å². The second-order valence-corrected chi connectivity index (χ2v) is 3.70. The Morgan fingerprint density at radius 1 is 1.33 bits per heavy atom. The molecule has 0 saturated carbocycles. The normalized spacial score (nSPS) is 13.1. The summed E-state index contributed by atoms with van der Waals surface area (Å²) in [5, 5.41) is 0. The number of ether oxygens (including phenoxy) is 1. The van der Waals surface area contributed by atoms with Gasteiger partial charge in [-0.15, -0.1) is 0 Å². The number of hydrogen-bond acceptors (Lipinski definition) is 1. The zero-order valence-corrected chi connectivity index (χ0v) is 8.89. The minimum absolute atomic E-state index is 0.474. The molecule has 0 N–H and O–H groups in total. The molecule has 0 aliphatic rings. The molecule has 0 radical (unpaired) electrons. The molecule has 0 bridgehead atoms. The van der Waals surface area contributed by atoms with E-state index in [2.05, 4.69) is 34.3 Å². The van der Waals surface area contributed by atoms with Crippen LogP contribution in [0.3, 0.4) is 0 Å². The van der Waals surface area contributed by atoms with Crippen molar-refractivity contribution in [3.63, 3.8) is 0 Å². The Kier molecular flexibility index (Phi) is 5.87. The van der Waals surface area contributed by atoms with Crippen LogP contribution in [0.5, 0.6) is 0 Å². The molecule has 0 saturated heterocycles. The summed E-state index contributed by atoms with van der Waals surface area (Å²) < 4.78 is 5.51. The Bertz CT molecular complexity index is 127. The lowest BCUT2D eigenvalue weighted by Gasteiger charge is -2.18. The van der Waals surface area contributed by atoms with Gasteiger partial charge in [-0.05, 0) is 12.3 Å². The van der Waals surface area contributed by atoms with Gasteiger partial charge < -0.3 is 4.74 Å². The number of allylic oxidation sites excluding steroid dienone is 1. The minimum atomic E-state index is 0.474. The Hall–Kier alpha value is -0.460. The van der Waals surface area contributed by atoms with E-state index in [1.807, 2.05) is 0 Å². The zero-order chi connectivity index (χ0) is 9.56. The molecule has 0 aromatic rings.